The van der Waals surface area contributed by atoms with E-state index >= 15 is 0 Å². The lowest BCUT2D eigenvalue weighted by molar-refractivity contribution is -0.120. The Morgan fingerprint density at radius 3 is 3.11 bits per heavy atom. The molecule has 0 fully saturated rings. The number of anilines is 1. The number of carbonyl (C=O) groups is 1. The first kappa shape index (κ1) is 12.0. The molecule has 1 aliphatic carbocycles. The number of carbonyl (C=O) groups excluding carboxylic acids is 1. The summed E-state index contributed by atoms with van der Waals surface area (Å²) in [5, 5.41) is 6.56. The molecule has 0 spiro atoms. The van der Waals surface area contributed by atoms with E-state index in [1.54, 1.807) is 13.0 Å². The van der Waals surface area contributed by atoms with Gasteiger partial charge in [-0.2, -0.15) is 0 Å². The minimum atomic E-state index is -0.0376. The first-order valence-electron chi connectivity index (χ1n) is 6.40. The summed E-state index contributed by atoms with van der Waals surface area (Å²) in [6.45, 7) is 3.73. The van der Waals surface area contributed by atoms with E-state index in [1.165, 1.54) is 0 Å². The van der Waals surface area contributed by atoms with Gasteiger partial charge in [-0.1, -0.05) is 5.16 Å². The first-order chi connectivity index (χ1) is 9.11. The van der Waals surface area contributed by atoms with E-state index in [0.29, 0.717) is 18.0 Å². The first-order valence-corrected chi connectivity index (χ1v) is 6.40. The predicted molar refractivity (Wildman–Crippen MR) is 68.7 cm³/mol. The Morgan fingerprint density at radius 2 is 2.37 bits per heavy atom. The Hall–Kier alpha value is -2.11. The fourth-order valence-corrected chi connectivity index (χ4v) is 2.50. The topological polar surface area (TPSA) is 83.8 Å². The molecule has 1 amide bonds. The van der Waals surface area contributed by atoms with Crippen LogP contribution in [-0.4, -0.2) is 21.0 Å². The molecule has 100 valence electrons. The van der Waals surface area contributed by atoms with Gasteiger partial charge in [0.1, 0.15) is 11.6 Å². The lowest BCUT2D eigenvalue weighted by Gasteiger charge is -2.19. The second kappa shape index (κ2) is 4.53. The molecule has 6 heteroatoms. The molecular formula is C13H16N4O2. The van der Waals surface area contributed by atoms with Gasteiger partial charge in [-0.25, -0.2) is 4.98 Å². The van der Waals surface area contributed by atoms with Crippen molar-refractivity contribution in [2.24, 2.45) is 5.92 Å². The lowest BCUT2D eigenvalue weighted by Crippen LogP contribution is -2.28. The number of aryl methyl sites for hydroxylation is 3. The number of H-pyrrole nitrogens is 1. The summed E-state index contributed by atoms with van der Waals surface area (Å²) in [7, 11) is 0. The van der Waals surface area contributed by atoms with Gasteiger partial charge >= 0.3 is 0 Å². The van der Waals surface area contributed by atoms with Crippen molar-refractivity contribution in [3.8, 4) is 0 Å². The van der Waals surface area contributed by atoms with Crippen LogP contribution in [0, 0.1) is 19.8 Å². The van der Waals surface area contributed by atoms with E-state index < -0.39 is 0 Å². The Kier molecular flexibility index (Phi) is 2.85. The van der Waals surface area contributed by atoms with Crippen LogP contribution >= 0.6 is 0 Å². The SMILES string of the molecule is Cc1nc2c([nH]1)C[C@@H](C(=O)Nc1cc(C)on1)CC2. The number of hydrogen-bond acceptors (Lipinski definition) is 4. The molecule has 0 unspecified atom stereocenters. The summed E-state index contributed by atoms with van der Waals surface area (Å²) >= 11 is 0. The number of rotatable bonds is 2. The van der Waals surface area contributed by atoms with Crippen LogP contribution in [0.25, 0.3) is 0 Å². The summed E-state index contributed by atoms with van der Waals surface area (Å²) in [5.41, 5.74) is 2.18. The van der Waals surface area contributed by atoms with Gasteiger partial charge in [0.25, 0.3) is 0 Å². The van der Waals surface area contributed by atoms with Crippen LogP contribution in [0.3, 0.4) is 0 Å². The maximum absolute atomic E-state index is 12.2. The van der Waals surface area contributed by atoms with E-state index in [4.69, 9.17) is 4.52 Å². The van der Waals surface area contributed by atoms with Crippen molar-refractivity contribution in [3.63, 3.8) is 0 Å². The largest absolute Gasteiger partial charge is 0.360 e. The van der Waals surface area contributed by atoms with E-state index in [1.807, 2.05) is 6.92 Å². The minimum absolute atomic E-state index is 0.00815. The summed E-state index contributed by atoms with van der Waals surface area (Å²) in [6, 6.07) is 1.71. The van der Waals surface area contributed by atoms with Gasteiger partial charge in [0.05, 0.1) is 5.69 Å². The monoisotopic (exact) mass is 260 g/mol. The van der Waals surface area contributed by atoms with Gasteiger partial charge in [-0.3, -0.25) is 4.79 Å². The Labute approximate surface area is 110 Å². The summed E-state index contributed by atoms with van der Waals surface area (Å²) in [4.78, 5) is 19.8. The number of hydrogen-bond donors (Lipinski definition) is 2. The van der Waals surface area contributed by atoms with Crippen LogP contribution in [0.15, 0.2) is 10.6 Å². The average Bonchev–Trinajstić information content (AvgIpc) is 2.93. The highest BCUT2D eigenvalue weighted by Crippen LogP contribution is 2.25. The molecule has 0 bridgehead atoms. The van der Waals surface area contributed by atoms with Crippen LogP contribution in [0.2, 0.25) is 0 Å². The van der Waals surface area contributed by atoms with Crippen molar-refractivity contribution in [2.75, 3.05) is 5.32 Å². The number of aromatic amines is 1. The van der Waals surface area contributed by atoms with Gasteiger partial charge in [0, 0.05) is 24.1 Å². The molecule has 0 saturated carbocycles. The number of aromatic nitrogens is 3. The highest BCUT2D eigenvalue weighted by atomic mass is 16.5. The van der Waals surface area contributed by atoms with Crippen molar-refractivity contribution in [2.45, 2.75) is 33.1 Å². The fourth-order valence-electron chi connectivity index (χ4n) is 2.50. The van der Waals surface area contributed by atoms with Crippen molar-refractivity contribution in [3.05, 3.63) is 29.0 Å². The van der Waals surface area contributed by atoms with Crippen molar-refractivity contribution in [1.82, 2.24) is 15.1 Å². The number of nitrogens with one attached hydrogen (secondary N) is 2. The van der Waals surface area contributed by atoms with Crippen molar-refractivity contribution >= 4 is 11.7 Å². The normalized spacial score (nSPS) is 18.1. The van der Waals surface area contributed by atoms with Crippen LogP contribution in [0.1, 0.15) is 29.4 Å². The maximum atomic E-state index is 12.2. The second-order valence-corrected chi connectivity index (χ2v) is 5.00. The van der Waals surface area contributed by atoms with E-state index in [0.717, 1.165) is 30.1 Å². The van der Waals surface area contributed by atoms with Crippen molar-refractivity contribution in [1.29, 1.82) is 0 Å². The van der Waals surface area contributed by atoms with Crippen molar-refractivity contribution < 1.29 is 9.32 Å². The molecule has 2 heterocycles. The van der Waals surface area contributed by atoms with Gasteiger partial charge in [-0.05, 0) is 26.7 Å². The zero-order valence-corrected chi connectivity index (χ0v) is 11.0. The Bertz CT molecular complexity index is 614. The van der Waals surface area contributed by atoms with Gasteiger partial charge in [-0.15, -0.1) is 0 Å². The van der Waals surface area contributed by atoms with Gasteiger partial charge in [0.2, 0.25) is 5.91 Å². The zero-order chi connectivity index (χ0) is 13.4. The van der Waals surface area contributed by atoms with E-state index in [9.17, 15) is 4.79 Å². The molecule has 0 aromatic carbocycles. The molecule has 1 atom stereocenters. The van der Waals surface area contributed by atoms with E-state index in [-0.39, 0.29) is 11.8 Å². The number of fused-ring (bicyclic) bond motifs is 1. The summed E-state index contributed by atoms with van der Waals surface area (Å²) in [6.07, 6.45) is 2.37. The highest BCUT2D eigenvalue weighted by molar-refractivity contribution is 5.91. The smallest absolute Gasteiger partial charge is 0.229 e. The molecule has 0 saturated heterocycles. The molecule has 2 N–H and O–H groups in total. The molecule has 3 rings (SSSR count). The van der Waals surface area contributed by atoms with Gasteiger partial charge < -0.3 is 14.8 Å². The molecule has 6 nitrogen and oxygen atoms in total. The maximum Gasteiger partial charge on any atom is 0.229 e. The third-order valence-electron chi connectivity index (χ3n) is 3.41. The molecule has 19 heavy (non-hydrogen) atoms. The average molecular weight is 260 g/mol. The number of nitrogens with zero attached hydrogens (tertiary/aromatic N) is 2. The molecule has 0 radical (unpaired) electrons. The molecule has 2 aromatic rings. The summed E-state index contributed by atoms with van der Waals surface area (Å²) in [5.74, 6) is 2.04. The lowest BCUT2D eigenvalue weighted by atomic mass is 9.89. The molecule has 1 aliphatic rings. The second-order valence-electron chi connectivity index (χ2n) is 5.00. The highest BCUT2D eigenvalue weighted by Gasteiger charge is 2.27. The fraction of sp³-hybridized carbons (Fsp3) is 0.462. The third kappa shape index (κ3) is 2.38. The quantitative estimate of drug-likeness (QED) is 0.861. The Morgan fingerprint density at radius 1 is 1.53 bits per heavy atom. The van der Waals surface area contributed by atoms with E-state index in [2.05, 4.69) is 20.4 Å². The van der Waals surface area contributed by atoms with Gasteiger partial charge in [0.15, 0.2) is 5.82 Å². The van der Waals surface area contributed by atoms with Crippen LogP contribution in [0.4, 0.5) is 5.82 Å². The Balaban J connectivity index is 1.69. The summed E-state index contributed by atoms with van der Waals surface area (Å²) < 4.78 is 4.93. The number of imidazole rings is 1. The van der Waals surface area contributed by atoms with Crippen LogP contribution < -0.4 is 5.32 Å². The minimum Gasteiger partial charge on any atom is -0.360 e. The molecular weight excluding hydrogens is 244 g/mol. The number of amides is 1. The predicted octanol–water partition coefficient (Wildman–Crippen LogP) is 1.76. The third-order valence-corrected chi connectivity index (χ3v) is 3.41. The molecule has 0 aliphatic heterocycles. The zero-order valence-electron chi connectivity index (χ0n) is 11.0. The molecule has 2 aromatic heterocycles. The van der Waals surface area contributed by atoms with Crippen LogP contribution in [0.5, 0.6) is 0 Å². The standard InChI is InChI=1S/C13H16N4O2/c1-7-5-12(17-19-7)16-13(18)9-3-4-10-11(6-9)15-8(2)14-10/h5,9H,3-4,6H2,1-2H3,(H,14,15)(H,16,17,18)/t9-/m0/s1. The van der Waals surface area contributed by atoms with Crippen LogP contribution in [-0.2, 0) is 17.6 Å².